The normalized spacial score (nSPS) is 12.3. The Kier molecular flexibility index (Phi) is 11.1. The summed E-state index contributed by atoms with van der Waals surface area (Å²) < 4.78 is 26.2. The second-order valence-electron chi connectivity index (χ2n) is 9.07. The Bertz CT molecular complexity index is 1170. The van der Waals surface area contributed by atoms with Crippen molar-refractivity contribution < 1.29 is 18.0 Å². The first-order valence-corrected chi connectivity index (χ1v) is 14.5. The Labute approximate surface area is 224 Å². The molecule has 0 saturated heterocycles. The molecule has 1 atom stereocenters. The monoisotopic (exact) mass is 555 g/mol. The number of halogens is 2. The van der Waals surface area contributed by atoms with E-state index in [0.29, 0.717) is 11.4 Å². The van der Waals surface area contributed by atoms with Crippen molar-refractivity contribution in [2.24, 2.45) is 0 Å². The second kappa shape index (κ2) is 13.3. The molecule has 0 aliphatic heterocycles. The molecule has 2 rings (SSSR count). The Morgan fingerprint density at radius 1 is 1.08 bits per heavy atom. The summed E-state index contributed by atoms with van der Waals surface area (Å²) in [5.41, 5.74) is 2.23. The number of sulfonamides is 1. The lowest BCUT2D eigenvalue weighted by Gasteiger charge is -2.32. The molecular weight excluding hydrogens is 521 g/mol. The van der Waals surface area contributed by atoms with Crippen LogP contribution in [0.5, 0.6) is 0 Å². The number of nitrogens with zero attached hydrogens (tertiary/aromatic N) is 2. The van der Waals surface area contributed by atoms with Crippen LogP contribution in [0.4, 0.5) is 5.69 Å². The van der Waals surface area contributed by atoms with E-state index in [1.807, 2.05) is 52.0 Å². The highest BCUT2D eigenvalue weighted by Crippen LogP contribution is 2.31. The fraction of sp³-hybridized carbons (Fsp3) is 0.462. The fourth-order valence-electron chi connectivity index (χ4n) is 3.93. The van der Waals surface area contributed by atoms with Crippen LogP contribution in [-0.4, -0.2) is 50.0 Å². The van der Waals surface area contributed by atoms with Gasteiger partial charge in [-0.3, -0.25) is 13.9 Å². The Morgan fingerprint density at radius 2 is 1.75 bits per heavy atom. The summed E-state index contributed by atoms with van der Waals surface area (Å²) in [4.78, 5) is 28.0. The van der Waals surface area contributed by atoms with E-state index in [1.54, 1.807) is 11.0 Å². The molecule has 0 unspecified atom stereocenters. The maximum atomic E-state index is 13.5. The predicted molar refractivity (Wildman–Crippen MR) is 147 cm³/mol. The lowest BCUT2D eigenvalue weighted by Crippen LogP contribution is -2.50. The Balaban J connectivity index is 2.26. The molecular formula is C26H35Cl2N3O4S. The SMILES string of the molecule is CC[C@H](C(=O)NC(C)C)N(Cc1ccccc1C)C(=O)CCCN(c1cc(Cl)ccc1Cl)S(C)(=O)=O. The maximum absolute atomic E-state index is 13.5. The zero-order valence-corrected chi connectivity index (χ0v) is 23.8. The molecule has 0 radical (unpaired) electrons. The maximum Gasteiger partial charge on any atom is 0.243 e. The van der Waals surface area contributed by atoms with Crippen LogP contribution in [0.25, 0.3) is 0 Å². The van der Waals surface area contributed by atoms with Crippen LogP contribution in [0.3, 0.4) is 0 Å². The molecule has 36 heavy (non-hydrogen) atoms. The molecule has 0 spiro atoms. The second-order valence-corrected chi connectivity index (χ2v) is 11.8. The highest BCUT2D eigenvalue weighted by atomic mass is 35.5. The van der Waals surface area contributed by atoms with E-state index in [-0.39, 0.29) is 54.5 Å². The Hall–Kier alpha value is -2.29. The molecule has 10 heteroatoms. The highest BCUT2D eigenvalue weighted by Gasteiger charge is 2.29. The van der Waals surface area contributed by atoms with Crippen molar-refractivity contribution in [2.45, 2.75) is 65.6 Å². The number of carbonyl (C=O) groups is 2. The summed E-state index contributed by atoms with van der Waals surface area (Å²) in [6.45, 7) is 7.90. The first-order chi connectivity index (χ1) is 16.8. The van der Waals surface area contributed by atoms with Crippen molar-refractivity contribution in [1.29, 1.82) is 0 Å². The summed E-state index contributed by atoms with van der Waals surface area (Å²) in [6.07, 6.45) is 1.83. The van der Waals surface area contributed by atoms with Gasteiger partial charge in [-0.15, -0.1) is 0 Å². The first kappa shape index (κ1) is 29.9. The van der Waals surface area contributed by atoms with Gasteiger partial charge in [-0.25, -0.2) is 8.42 Å². The number of hydrogen-bond donors (Lipinski definition) is 1. The lowest BCUT2D eigenvalue weighted by atomic mass is 10.0. The number of rotatable bonds is 12. The van der Waals surface area contributed by atoms with Gasteiger partial charge >= 0.3 is 0 Å². The van der Waals surface area contributed by atoms with Gasteiger partial charge in [0.2, 0.25) is 21.8 Å². The zero-order chi connectivity index (χ0) is 27.0. The molecule has 2 amide bonds. The topological polar surface area (TPSA) is 86.8 Å². The quantitative estimate of drug-likeness (QED) is 0.391. The van der Waals surface area contributed by atoms with Crippen LogP contribution >= 0.6 is 23.2 Å². The third-order valence-electron chi connectivity index (χ3n) is 5.75. The average Bonchev–Trinajstić information content (AvgIpc) is 2.78. The molecule has 2 aromatic carbocycles. The summed E-state index contributed by atoms with van der Waals surface area (Å²) >= 11 is 12.3. The molecule has 0 fully saturated rings. The summed E-state index contributed by atoms with van der Waals surface area (Å²) in [5, 5.41) is 3.51. The van der Waals surface area contributed by atoms with Crippen molar-refractivity contribution in [3.63, 3.8) is 0 Å². The van der Waals surface area contributed by atoms with Crippen LogP contribution in [0.1, 0.15) is 51.2 Å². The van der Waals surface area contributed by atoms with E-state index in [1.165, 1.54) is 12.1 Å². The number of aryl methyl sites for hydroxylation is 1. The zero-order valence-electron chi connectivity index (χ0n) is 21.4. The number of benzene rings is 2. The molecule has 198 valence electrons. The smallest absolute Gasteiger partial charge is 0.243 e. The van der Waals surface area contributed by atoms with Crippen LogP contribution in [0, 0.1) is 6.92 Å². The fourth-order valence-corrected chi connectivity index (χ4v) is 5.34. The van der Waals surface area contributed by atoms with Crippen molar-refractivity contribution >= 4 is 50.7 Å². The third kappa shape index (κ3) is 8.39. The number of hydrogen-bond acceptors (Lipinski definition) is 4. The van der Waals surface area contributed by atoms with Crippen molar-refractivity contribution in [2.75, 3.05) is 17.1 Å². The summed E-state index contributed by atoms with van der Waals surface area (Å²) in [5.74, 6) is -0.437. The minimum atomic E-state index is -3.68. The van der Waals surface area contributed by atoms with Gasteiger partial charge in [0.25, 0.3) is 0 Å². The molecule has 2 aromatic rings. The van der Waals surface area contributed by atoms with Gasteiger partial charge in [-0.2, -0.15) is 0 Å². The first-order valence-electron chi connectivity index (χ1n) is 11.9. The summed E-state index contributed by atoms with van der Waals surface area (Å²) in [6, 6.07) is 11.6. The van der Waals surface area contributed by atoms with Gasteiger partial charge in [-0.05, 0) is 62.9 Å². The minimum absolute atomic E-state index is 0.0395. The highest BCUT2D eigenvalue weighted by molar-refractivity contribution is 7.92. The third-order valence-corrected chi connectivity index (χ3v) is 7.48. The van der Waals surface area contributed by atoms with E-state index < -0.39 is 16.1 Å². The van der Waals surface area contributed by atoms with Crippen molar-refractivity contribution in [3.05, 3.63) is 63.6 Å². The molecule has 7 nitrogen and oxygen atoms in total. The van der Waals surface area contributed by atoms with Gasteiger partial charge < -0.3 is 10.2 Å². The van der Waals surface area contributed by atoms with Crippen LogP contribution in [0.2, 0.25) is 10.0 Å². The van der Waals surface area contributed by atoms with Crippen LogP contribution < -0.4 is 9.62 Å². The average molecular weight is 557 g/mol. The molecule has 0 aliphatic carbocycles. The van der Waals surface area contributed by atoms with Gasteiger partial charge in [-0.1, -0.05) is 54.4 Å². The minimum Gasteiger partial charge on any atom is -0.352 e. The van der Waals surface area contributed by atoms with Crippen molar-refractivity contribution in [3.8, 4) is 0 Å². The van der Waals surface area contributed by atoms with Crippen LogP contribution in [-0.2, 0) is 26.2 Å². The van der Waals surface area contributed by atoms with Gasteiger partial charge in [0.15, 0.2) is 0 Å². The summed E-state index contributed by atoms with van der Waals surface area (Å²) in [7, 11) is -3.68. The number of amides is 2. The molecule has 0 aliphatic rings. The van der Waals surface area contributed by atoms with Gasteiger partial charge in [0.05, 0.1) is 17.0 Å². The van der Waals surface area contributed by atoms with Gasteiger partial charge in [0.1, 0.15) is 6.04 Å². The molecule has 0 saturated carbocycles. The number of carbonyl (C=O) groups excluding carboxylic acids is 2. The molecule has 0 aromatic heterocycles. The van der Waals surface area contributed by atoms with E-state index >= 15 is 0 Å². The van der Waals surface area contributed by atoms with Crippen LogP contribution in [0.15, 0.2) is 42.5 Å². The lowest BCUT2D eigenvalue weighted by molar-refractivity contribution is -0.141. The van der Waals surface area contributed by atoms with E-state index in [9.17, 15) is 18.0 Å². The molecule has 1 N–H and O–H groups in total. The molecule has 0 bridgehead atoms. The largest absolute Gasteiger partial charge is 0.352 e. The number of anilines is 1. The van der Waals surface area contributed by atoms with E-state index in [2.05, 4.69) is 5.32 Å². The van der Waals surface area contributed by atoms with Crippen molar-refractivity contribution in [1.82, 2.24) is 10.2 Å². The van der Waals surface area contributed by atoms with E-state index in [0.717, 1.165) is 21.7 Å². The Morgan fingerprint density at radius 3 is 2.33 bits per heavy atom. The standard InChI is InChI=1S/C26H35Cl2N3O4S/c1-6-23(26(33)29-18(2)3)30(17-20-11-8-7-10-19(20)4)25(32)12-9-15-31(36(5,34)35)24-16-21(27)13-14-22(24)28/h7-8,10-11,13-14,16,18,23H,6,9,12,15,17H2,1-5H3,(H,29,33)/t23-/m1/s1. The van der Waals surface area contributed by atoms with E-state index in [4.69, 9.17) is 23.2 Å². The molecule has 0 heterocycles. The van der Waals surface area contributed by atoms with Gasteiger partial charge in [0, 0.05) is 30.6 Å². The predicted octanol–water partition coefficient (Wildman–Crippen LogP) is 5.18. The number of nitrogens with one attached hydrogen (secondary N) is 1.